The molecular weight excluding hydrogens is 579 g/mol. The molecule has 0 aromatic heterocycles. The van der Waals surface area contributed by atoms with Gasteiger partial charge in [-0.3, -0.25) is 9.69 Å². The number of hydrogen-bond donors (Lipinski definition) is 0. The Labute approximate surface area is 225 Å². The van der Waals surface area contributed by atoms with Gasteiger partial charge in [0.05, 0.1) is 15.6 Å². The predicted octanol–water partition coefficient (Wildman–Crippen LogP) is 8.61. The maximum absolute atomic E-state index is 12.9. The molecule has 1 heterocycles. The molecule has 9 heteroatoms. The van der Waals surface area contributed by atoms with Crippen molar-refractivity contribution in [3.05, 3.63) is 96.2 Å². The van der Waals surface area contributed by atoms with E-state index in [-0.39, 0.29) is 5.91 Å². The zero-order valence-electron chi connectivity index (χ0n) is 17.9. The third kappa shape index (κ3) is 5.99. The summed E-state index contributed by atoms with van der Waals surface area (Å²) in [7, 11) is 0. The van der Waals surface area contributed by atoms with Crippen molar-refractivity contribution in [2.75, 3.05) is 6.54 Å². The van der Waals surface area contributed by atoms with Crippen LogP contribution in [0.4, 0.5) is 5.69 Å². The first-order chi connectivity index (χ1) is 16.3. The van der Waals surface area contributed by atoms with Crippen LogP contribution in [0.5, 0.6) is 5.75 Å². The number of halogens is 4. The Morgan fingerprint density at radius 1 is 1.03 bits per heavy atom. The number of nitrogens with zero attached hydrogens (tertiary/aromatic N) is 2. The second kappa shape index (κ2) is 11.2. The molecule has 4 nitrogen and oxygen atoms in total. The topological polar surface area (TPSA) is 41.9 Å². The molecule has 34 heavy (non-hydrogen) atoms. The van der Waals surface area contributed by atoms with Crippen LogP contribution in [0.3, 0.4) is 0 Å². The average molecular weight is 597 g/mol. The van der Waals surface area contributed by atoms with Crippen molar-refractivity contribution in [3.8, 4) is 5.75 Å². The Morgan fingerprint density at radius 2 is 1.79 bits per heavy atom. The lowest BCUT2D eigenvalue weighted by molar-refractivity contribution is -0.122. The number of likely N-dealkylation sites (N-methyl/N-ethyl adjacent to an activating group) is 1. The van der Waals surface area contributed by atoms with Crippen molar-refractivity contribution < 1.29 is 9.53 Å². The Hall–Kier alpha value is -1.96. The highest BCUT2D eigenvalue weighted by Crippen LogP contribution is 2.35. The second-order valence-electron chi connectivity index (χ2n) is 7.25. The summed E-state index contributed by atoms with van der Waals surface area (Å²) in [4.78, 5) is 19.8. The number of rotatable bonds is 6. The lowest BCUT2D eigenvalue weighted by Gasteiger charge is -2.12. The maximum Gasteiger partial charge on any atom is 0.266 e. The molecule has 0 radical (unpaired) electrons. The van der Waals surface area contributed by atoms with E-state index in [1.807, 2.05) is 55.5 Å². The van der Waals surface area contributed by atoms with E-state index in [2.05, 4.69) is 20.9 Å². The lowest BCUT2D eigenvalue weighted by atomic mass is 10.2. The van der Waals surface area contributed by atoms with Crippen LogP contribution in [0, 0.1) is 0 Å². The summed E-state index contributed by atoms with van der Waals surface area (Å²) in [5.41, 5.74) is 2.42. The number of carbonyl (C=O) groups excluding carboxylic acids is 1. The van der Waals surface area contributed by atoms with E-state index in [1.165, 1.54) is 11.8 Å². The molecule has 1 amide bonds. The van der Waals surface area contributed by atoms with Gasteiger partial charge in [-0.05, 0) is 88.7 Å². The second-order valence-corrected chi connectivity index (χ2v) is 10.4. The minimum Gasteiger partial charge on any atom is -0.489 e. The van der Waals surface area contributed by atoms with E-state index in [9.17, 15) is 4.79 Å². The molecular formula is C25H18BrCl3N2O2S. The van der Waals surface area contributed by atoms with Gasteiger partial charge in [0, 0.05) is 26.6 Å². The van der Waals surface area contributed by atoms with Crippen LogP contribution in [0.2, 0.25) is 15.1 Å². The molecule has 3 aromatic rings. The van der Waals surface area contributed by atoms with Gasteiger partial charge < -0.3 is 4.74 Å². The average Bonchev–Trinajstić information content (AvgIpc) is 3.10. The number of hydrogen-bond acceptors (Lipinski definition) is 4. The molecule has 4 rings (SSSR count). The van der Waals surface area contributed by atoms with Gasteiger partial charge in [0.2, 0.25) is 0 Å². The highest BCUT2D eigenvalue weighted by molar-refractivity contribution is 9.10. The SMILES string of the molecule is CCN1C(=O)/C(=C/c2ccc(OCc3ccc(Cl)cc3Cl)cc2)SC1=Nc1ccc(Br)c(Cl)c1. The van der Waals surface area contributed by atoms with E-state index in [0.29, 0.717) is 49.7 Å². The molecule has 0 bridgehead atoms. The number of amidine groups is 1. The Morgan fingerprint density at radius 3 is 2.47 bits per heavy atom. The summed E-state index contributed by atoms with van der Waals surface area (Å²) >= 11 is 23.0. The fourth-order valence-electron chi connectivity index (χ4n) is 3.15. The maximum atomic E-state index is 12.9. The first kappa shape index (κ1) is 25.1. The van der Waals surface area contributed by atoms with Crippen molar-refractivity contribution in [2.45, 2.75) is 13.5 Å². The standard InChI is InChI=1S/C25H18BrCl3N2O2S/c1-2-31-24(32)23(34-25(31)30-18-7-10-20(26)22(29)13-18)11-15-3-8-19(9-4-15)33-14-16-5-6-17(27)12-21(16)28/h3-13H,2,14H2,1H3/b23-11-,30-25?. The quantitative estimate of drug-likeness (QED) is 0.268. The van der Waals surface area contributed by atoms with Crippen molar-refractivity contribution in [1.82, 2.24) is 4.90 Å². The summed E-state index contributed by atoms with van der Waals surface area (Å²) in [5, 5.41) is 2.34. The summed E-state index contributed by atoms with van der Waals surface area (Å²) in [5.74, 6) is 0.621. The van der Waals surface area contributed by atoms with Gasteiger partial charge in [-0.15, -0.1) is 0 Å². The van der Waals surface area contributed by atoms with Crippen molar-refractivity contribution in [2.24, 2.45) is 4.99 Å². The van der Waals surface area contributed by atoms with E-state index >= 15 is 0 Å². The molecule has 3 aromatic carbocycles. The Kier molecular flexibility index (Phi) is 8.27. The van der Waals surface area contributed by atoms with Gasteiger partial charge in [-0.25, -0.2) is 4.99 Å². The summed E-state index contributed by atoms with van der Waals surface area (Å²) in [6, 6.07) is 18.3. The van der Waals surface area contributed by atoms with E-state index in [1.54, 1.807) is 23.1 Å². The molecule has 0 spiro atoms. The third-order valence-corrected chi connectivity index (χ3v) is 7.75. The normalized spacial score (nSPS) is 16.0. The molecule has 1 fully saturated rings. The van der Waals surface area contributed by atoms with Crippen molar-refractivity contribution in [3.63, 3.8) is 0 Å². The largest absolute Gasteiger partial charge is 0.489 e. The smallest absolute Gasteiger partial charge is 0.266 e. The molecule has 0 aliphatic carbocycles. The van der Waals surface area contributed by atoms with Gasteiger partial charge in [0.25, 0.3) is 5.91 Å². The molecule has 174 valence electrons. The predicted molar refractivity (Wildman–Crippen MR) is 146 cm³/mol. The Bertz CT molecular complexity index is 1300. The van der Waals surface area contributed by atoms with Crippen LogP contribution >= 0.6 is 62.5 Å². The molecule has 0 saturated carbocycles. The van der Waals surface area contributed by atoms with Crippen molar-refractivity contribution >= 4 is 85.3 Å². The van der Waals surface area contributed by atoms with E-state index in [4.69, 9.17) is 39.5 Å². The third-order valence-electron chi connectivity index (χ3n) is 4.92. The summed E-state index contributed by atoms with van der Waals surface area (Å²) < 4.78 is 6.63. The zero-order valence-corrected chi connectivity index (χ0v) is 22.6. The lowest BCUT2D eigenvalue weighted by Crippen LogP contribution is -2.28. The number of carbonyl (C=O) groups is 1. The number of benzene rings is 3. The first-order valence-corrected chi connectivity index (χ1v) is 13.0. The number of amides is 1. The van der Waals surface area contributed by atoms with Gasteiger partial charge in [-0.2, -0.15) is 0 Å². The fraction of sp³-hybridized carbons (Fsp3) is 0.120. The summed E-state index contributed by atoms with van der Waals surface area (Å²) in [6.07, 6.45) is 1.85. The zero-order chi connectivity index (χ0) is 24.2. The minimum atomic E-state index is -0.0767. The highest BCUT2D eigenvalue weighted by atomic mass is 79.9. The van der Waals surface area contributed by atoms with Gasteiger partial charge in [-0.1, -0.05) is 53.0 Å². The van der Waals surface area contributed by atoms with Crippen LogP contribution in [-0.4, -0.2) is 22.5 Å². The van der Waals surface area contributed by atoms with Gasteiger partial charge in [0.15, 0.2) is 5.17 Å². The van der Waals surface area contributed by atoms with Crippen LogP contribution in [0.1, 0.15) is 18.1 Å². The molecule has 1 aliphatic rings. The Balaban J connectivity index is 1.48. The monoisotopic (exact) mass is 594 g/mol. The fourth-order valence-corrected chi connectivity index (χ4v) is 5.09. The van der Waals surface area contributed by atoms with E-state index in [0.717, 1.165) is 15.6 Å². The van der Waals surface area contributed by atoms with Crippen LogP contribution in [-0.2, 0) is 11.4 Å². The molecule has 1 aliphatic heterocycles. The molecule has 0 N–H and O–H groups in total. The van der Waals surface area contributed by atoms with Crippen LogP contribution in [0.25, 0.3) is 6.08 Å². The minimum absolute atomic E-state index is 0.0767. The first-order valence-electron chi connectivity index (χ1n) is 10.3. The molecule has 0 unspecified atom stereocenters. The number of aliphatic imine (C=N–C) groups is 1. The molecule has 0 atom stereocenters. The van der Waals surface area contributed by atoms with Crippen molar-refractivity contribution in [1.29, 1.82) is 0 Å². The number of thioether (sulfide) groups is 1. The van der Waals surface area contributed by atoms with Crippen LogP contribution in [0.15, 0.2) is 75.0 Å². The number of ether oxygens (including phenoxy) is 1. The molecule has 1 saturated heterocycles. The van der Waals surface area contributed by atoms with Crippen LogP contribution < -0.4 is 4.74 Å². The van der Waals surface area contributed by atoms with Gasteiger partial charge in [0.1, 0.15) is 12.4 Å². The highest BCUT2D eigenvalue weighted by Gasteiger charge is 2.32. The summed E-state index contributed by atoms with van der Waals surface area (Å²) in [6.45, 7) is 2.77. The van der Waals surface area contributed by atoms with Gasteiger partial charge >= 0.3 is 0 Å². The van der Waals surface area contributed by atoms with E-state index < -0.39 is 0 Å².